The molecule has 0 atom stereocenters. The van der Waals surface area contributed by atoms with Crippen molar-refractivity contribution < 1.29 is 4.79 Å². The molecule has 1 rings (SSSR count). The number of hydrogen-bond donors (Lipinski definition) is 1. The molecule has 0 saturated heterocycles. The summed E-state index contributed by atoms with van der Waals surface area (Å²) in [6.45, 7) is 13.7. The van der Waals surface area contributed by atoms with Gasteiger partial charge in [-0.1, -0.05) is 27.7 Å². The van der Waals surface area contributed by atoms with Gasteiger partial charge in [0.25, 0.3) is 5.91 Å². The first-order chi connectivity index (χ1) is 8.32. The molecule has 1 aromatic heterocycles. The summed E-state index contributed by atoms with van der Waals surface area (Å²) in [7, 11) is 0. The third kappa shape index (κ3) is 3.84. The summed E-state index contributed by atoms with van der Waals surface area (Å²) in [5, 5.41) is 3.07. The highest BCUT2D eigenvalue weighted by Gasteiger charge is 2.19. The average molecular weight is 267 g/mol. The first-order valence-electron chi connectivity index (χ1n) is 6.68. The Bertz CT molecular complexity index is 379. The zero-order valence-corrected chi connectivity index (χ0v) is 13.1. The van der Waals surface area contributed by atoms with Gasteiger partial charge in [-0.25, -0.2) is 0 Å². The standard InChI is InChI=1S/C15H25NOS/c1-9(2)13(10(3)4)8-16-15(17)14-7-11(5)12(6)18-14/h7,9-10,13H,8H2,1-6H3,(H,16,17). The van der Waals surface area contributed by atoms with Crippen molar-refractivity contribution in [3.05, 3.63) is 21.4 Å². The van der Waals surface area contributed by atoms with Crippen LogP contribution in [0.1, 0.15) is 47.8 Å². The number of nitrogens with one attached hydrogen (secondary N) is 1. The van der Waals surface area contributed by atoms with Gasteiger partial charge in [0.2, 0.25) is 0 Å². The second-order valence-electron chi connectivity index (χ2n) is 5.71. The van der Waals surface area contributed by atoms with E-state index in [2.05, 4.69) is 39.9 Å². The normalized spacial score (nSPS) is 11.6. The number of amides is 1. The molecular formula is C15H25NOS. The third-order valence-corrected chi connectivity index (χ3v) is 4.75. The Hall–Kier alpha value is -0.830. The second-order valence-corrected chi connectivity index (χ2v) is 6.97. The topological polar surface area (TPSA) is 29.1 Å². The van der Waals surface area contributed by atoms with Crippen molar-refractivity contribution in [2.75, 3.05) is 6.54 Å². The summed E-state index contributed by atoms with van der Waals surface area (Å²) >= 11 is 1.58. The molecule has 0 aliphatic heterocycles. The van der Waals surface area contributed by atoms with Crippen LogP contribution in [-0.4, -0.2) is 12.5 Å². The minimum absolute atomic E-state index is 0.0718. The molecular weight excluding hydrogens is 242 g/mol. The van der Waals surface area contributed by atoms with Crippen molar-refractivity contribution in [1.82, 2.24) is 5.32 Å². The molecule has 1 aromatic rings. The second kappa shape index (κ2) is 6.37. The van der Waals surface area contributed by atoms with Crippen molar-refractivity contribution in [2.45, 2.75) is 41.5 Å². The van der Waals surface area contributed by atoms with E-state index in [1.807, 2.05) is 13.0 Å². The van der Waals surface area contributed by atoms with E-state index in [0.29, 0.717) is 17.8 Å². The van der Waals surface area contributed by atoms with Crippen LogP contribution >= 0.6 is 11.3 Å². The van der Waals surface area contributed by atoms with Crippen molar-refractivity contribution >= 4 is 17.2 Å². The van der Waals surface area contributed by atoms with Gasteiger partial charge in [-0.2, -0.15) is 0 Å². The summed E-state index contributed by atoms with van der Waals surface area (Å²) in [6, 6.07) is 1.98. The van der Waals surface area contributed by atoms with Crippen LogP contribution in [0.5, 0.6) is 0 Å². The molecule has 0 spiro atoms. The van der Waals surface area contributed by atoms with E-state index in [-0.39, 0.29) is 5.91 Å². The highest BCUT2D eigenvalue weighted by atomic mass is 32.1. The minimum Gasteiger partial charge on any atom is -0.351 e. The number of carbonyl (C=O) groups is 1. The average Bonchev–Trinajstić information content (AvgIpc) is 2.58. The lowest BCUT2D eigenvalue weighted by Gasteiger charge is -2.24. The fourth-order valence-electron chi connectivity index (χ4n) is 2.22. The van der Waals surface area contributed by atoms with Crippen LogP contribution in [0.25, 0.3) is 0 Å². The van der Waals surface area contributed by atoms with Crippen molar-refractivity contribution in [3.8, 4) is 0 Å². The highest BCUT2D eigenvalue weighted by molar-refractivity contribution is 7.14. The number of thiophene rings is 1. The fourth-order valence-corrected chi connectivity index (χ4v) is 3.17. The fraction of sp³-hybridized carbons (Fsp3) is 0.667. The zero-order chi connectivity index (χ0) is 13.9. The molecule has 0 aromatic carbocycles. The maximum atomic E-state index is 12.1. The number of rotatable bonds is 5. The molecule has 0 aliphatic carbocycles. The Balaban J connectivity index is 2.60. The SMILES string of the molecule is Cc1cc(C(=O)NCC(C(C)C)C(C)C)sc1C. The minimum atomic E-state index is 0.0718. The lowest BCUT2D eigenvalue weighted by atomic mass is 9.85. The maximum Gasteiger partial charge on any atom is 0.261 e. The van der Waals surface area contributed by atoms with Crippen molar-refractivity contribution in [2.24, 2.45) is 17.8 Å². The van der Waals surface area contributed by atoms with Gasteiger partial charge in [0.1, 0.15) is 0 Å². The third-order valence-electron chi connectivity index (χ3n) is 3.60. The quantitative estimate of drug-likeness (QED) is 0.857. The summed E-state index contributed by atoms with van der Waals surface area (Å²) in [4.78, 5) is 14.1. The summed E-state index contributed by atoms with van der Waals surface area (Å²) in [5.74, 6) is 1.80. The molecule has 18 heavy (non-hydrogen) atoms. The van der Waals surface area contributed by atoms with Crippen molar-refractivity contribution in [1.29, 1.82) is 0 Å². The van der Waals surface area contributed by atoms with Crippen LogP contribution in [0.4, 0.5) is 0 Å². The largest absolute Gasteiger partial charge is 0.351 e. The predicted molar refractivity (Wildman–Crippen MR) is 79.3 cm³/mol. The first kappa shape index (κ1) is 15.2. The molecule has 0 bridgehead atoms. The van der Waals surface area contributed by atoms with E-state index in [9.17, 15) is 4.79 Å². The molecule has 0 fully saturated rings. The zero-order valence-electron chi connectivity index (χ0n) is 12.3. The van der Waals surface area contributed by atoms with Crippen LogP contribution in [0.15, 0.2) is 6.07 Å². The molecule has 102 valence electrons. The van der Waals surface area contributed by atoms with Gasteiger partial charge in [-0.05, 0) is 43.2 Å². The van der Waals surface area contributed by atoms with Gasteiger partial charge in [0.05, 0.1) is 4.88 Å². The monoisotopic (exact) mass is 267 g/mol. The molecule has 1 amide bonds. The Morgan fingerprint density at radius 1 is 1.22 bits per heavy atom. The van der Waals surface area contributed by atoms with Gasteiger partial charge >= 0.3 is 0 Å². The first-order valence-corrected chi connectivity index (χ1v) is 7.49. The lowest BCUT2D eigenvalue weighted by molar-refractivity contribution is 0.0941. The molecule has 0 aliphatic rings. The number of hydrogen-bond acceptors (Lipinski definition) is 2. The molecule has 0 unspecified atom stereocenters. The summed E-state index contributed by atoms with van der Waals surface area (Å²) in [6.07, 6.45) is 0. The van der Waals surface area contributed by atoms with Gasteiger partial charge in [0.15, 0.2) is 0 Å². The van der Waals surface area contributed by atoms with Crippen molar-refractivity contribution in [3.63, 3.8) is 0 Å². The molecule has 0 radical (unpaired) electrons. The van der Waals surface area contributed by atoms with Gasteiger partial charge in [-0.3, -0.25) is 4.79 Å². The Labute approximate surface area is 115 Å². The molecule has 1 N–H and O–H groups in total. The van der Waals surface area contributed by atoms with Crippen LogP contribution in [-0.2, 0) is 0 Å². The Kier molecular flexibility index (Phi) is 5.39. The van der Waals surface area contributed by atoms with E-state index in [1.54, 1.807) is 11.3 Å². The van der Waals surface area contributed by atoms with Gasteiger partial charge in [-0.15, -0.1) is 11.3 Å². The van der Waals surface area contributed by atoms with E-state index in [4.69, 9.17) is 0 Å². The predicted octanol–water partition coefficient (Wildman–Crippen LogP) is 4.02. The lowest BCUT2D eigenvalue weighted by Crippen LogP contribution is -2.33. The van der Waals surface area contributed by atoms with E-state index >= 15 is 0 Å². The molecule has 0 saturated carbocycles. The smallest absolute Gasteiger partial charge is 0.261 e. The number of aryl methyl sites for hydroxylation is 2. The maximum absolute atomic E-state index is 12.1. The molecule has 1 heterocycles. The van der Waals surface area contributed by atoms with E-state index in [1.165, 1.54) is 10.4 Å². The highest BCUT2D eigenvalue weighted by Crippen LogP contribution is 2.22. The van der Waals surface area contributed by atoms with Gasteiger partial charge in [0, 0.05) is 11.4 Å². The van der Waals surface area contributed by atoms with Crippen LogP contribution in [0.3, 0.4) is 0 Å². The Morgan fingerprint density at radius 3 is 2.17 bits per heavy atom. The Morgan fingerprint density at radius 2 is 1.78 bits per heavy atom. The van der Waals surface area contributed by atoms with Crippen LogP contribution in [0, 0.1) is 31.6 Å². The molecule has 2 nitrogen and oxygen atoms in total. The summed E-state index contributed by atoms with van der Waals surface area (Å²) < 4.78 is 0. The number of carbonyl (C=O) groups excluding carboxylic acids is 1. The van der Waals surface area contributed by atoms with Crippen LogP contribution < -0.4 is 5.32 Å². The molecule has 3 heteroatoms. The summed E-state index contributed by atoms with van der Waals surface area (Å²) in [5.41, 5.74) is 1.20. The van der Waals surface area contributed by atoms with E-state index in [0.717, 1.165) is 11.4 Å². The van der Waals surface area contributed by atoms with Gasteiger partial charge < -0.3 is 5.32 Å². The van der Waals surface area contributed by atoms with E-state index < -0.39 is 0 Å². The van der Waals surface area contributed by atoms with Crippen LogP contribution in [0.2, 0.25) is 0 Å².